The number of amides is 2. The smallest absolute Gasteiger partial charge is 0.324 e. The van der Waals surface area contributed by atoms with Crippen LogP contribution in [0.4, 0.5) is 10.5 Å². The van der Waals surface area contributed by atoms with Gasteiger partial charge in [-0.1, -0.05) is 18.2 Å². The number of carbonyl (C=O) groups excluding carboxylic acids is 1. The monoisotopic (exact) mass is 288 g/mol. The third-order valence-electron chi connectivity index (χ3n) is 4.30. The summed E-state index contributed by atoms with van der Waals surface area (Å²) in [5.74, 6) is -0.931. The summed E-state index contributed by atoms with van der Waals surface area (Å²) in [5.41, 5.74) is 1.84. The molecule has 1 N–H and O–H groups in total. The quantitative estimate of drug-likeness (QED) is 0.926. The Labute approximate surface area is 124 Å². The van der Waals surface area contributed by atoms with Crippen LogP contribution in [0.3, 0.4) is 0 Å². The molecule has 0 spiro atoms. The van der Waals surface area contributed by atoms with Crippen LogP contribution in [0, 0.1) is 0 Å². The number of para-hydroxylation sites is 1. The van der Waals surface area contributed by atoms with Crippen molar-refractivity contribution in [2.45, 2.75) is 38.1 Å². The second-order valence-electron chi connectivity index (χ2n) is 5.76. The minimum atomic E-state index is -0.821. The Morgan fingerprint density at radius 2 is 2.05 bits per heavy atom. The van der Waals surface area contributed by atoms with Crippen molar-refractivity contribution in [3.63, 3.8) is 0 Å². The van der Waals surface area contributed by atoms with Crippen molar-refractivity contribution in [2.75, 3.05) is 18.0 Å². The molecule has 1 aromatic rings. The number of hydrogen-bond donors (Lipinski definition) is 1. The van der Waals surface area contributed by atoms with Gasteiger partial charge in [-0.15, -0.1) is 0 Å². The summed E-state index contributed by atoms with van der Waals surface area (Å²) in [6, 6.07) is 8.03. The van der Waals surface area contributed by atoms with Gasteiger partial charge in [0.15, 0.2) is 0 Å². The van der Waals surface area contributed by atoms with Gasteiger partial charge >= 0.3 is 12.0 Å². The molecule has 2 amide bonds. The maximum absolute atomic E-state index is 12.8. The fourth-order valence-electron chi connectivity index (χ4n) is 3.15. The minimum Gasteiger partial charge on any atom is -0.481 e. The first-order valence-corrected chi connectivity index (χ1v) is 7.50. The fraction of sp³-hybridized carbons (Fsp3) is 0.500. The number of urea groups is 1. The predicted octanol–water partition coefficient (Wildman–Crippen LogP) is 2.67. The first-order valence-electron chi connectivity index (χ1n) is 7.50. The Morgan fingerprint density at radius 1 is 1.33 bits per heavy atom. The molecular formula is C16H20N2O3. The first kappa shape index (κ1) is 13.9. The summed E-state index contributed by atoms with van der Waals surface area (Å²) in [6.45, 7) is 3.16. The molecule has 1 heterocycles. The Kier molecular flexibility index (Phi) is 3.57. The van der Waals surface area contributed by atoms with Gasteiger partial charge in [-0.3, -0.25) is 9.69 Å². The highest BCUT2D eigenvalue weighted by Crippen LogP contribution is 2.39. The van der Waals surface area contributed by atoms with Crippen LogP contribution in [-0.2, 0) is 4.79 Å². The Hall–Kier alpha value is -2.04. The highest BCUT2D eigenvalue weighted by molar-refractivity contribution is 5.95. The number of hydrogen-bond acceptors (Lipinski definition) is 2. The van der Waals surface area contributed by atoms with E-state index in [-0.39, 0.29) is 18.4 Å². The summed E-state index contributed by atoms with van der Waals surface area (Å²) < 4.78 is 0. The molecule has 5 nitrogen and oxygen atoms in total. The highest BCUT2D eigenvalue weighted by Gasteiger charge is 2.39. The van der Waals surface area contributed by atoms with Gasteiger partial charge < -0.3 is 10.0 Å². The second-order valence-corrected chi connectivity index (χ2v) is 5.76. The molecule has 1 saturated carbocycles. The highest BCUT2D eigenvalue weighted by atomic mass is 16.4. The average Bonchev–Trinajstić information content (AvgIpc) is 3.23. The van der Waals surface area contributed by atoms with Crippen LogP contribution in [0.5, 0.6) is 0 Å². The van der Waals surface area contributed by atoms with Crippen molar-refractivity contribution in [3.8, 4) is 0 Å². The van der Waals surface area contributed by atoms with Crippen LogP contribution in [0.15, 0.2) is 24.3 Å². The van der Waals surface area contributed by atoms with E-state index in [0.29, 0.717) is 19.1 Å². The van der Waals surface area contributed by atoms with E-state index in [0.717, 1.165) is 24.1 Å². The van der Waals surface area contributed by atoms with Gasteiger partial charge in [-0.25, -0.2) is 4.79 Å². The summed E-state index contributed by atoms with van der Waals surface area (Å²) in [5, 5.41) is 9.06. The number of anilines is 1. The number of rotatable bonds is 4. The number of carboxylic acids is 1. The first-order chi connectivity index (χ1) is 10.1. The van der Waals surface area contributed by atoms with E-state index in [2.05, 4.69) is 0 Å². The summed E-state index contributed by atoms with van der Waals surface area (Å²) in [7, 11) is 0. The SMILES string of the molecule is CCN(C(=O)N1CC(CC(=O)O)c2ccccc21)C1CC1. The lowest BCUT2D eigenvalue weighted by Crippen LogP contribution is -2.44. The molecule has 0 aromatic heterocycles. The number of carboxylic acid groups (broad SMARTS) is 1. The largest absolute Gasteiger partial charge is 0.481 e. The van der Waals surface area contributed by atoms with Gasteiger partial charge in [0.2, 0.25) is 0 Å². The molecule has 112 valence electrons. The van der Waals surface area contributed by atoms with E-state index in [1.165, 1.54) is 0 Å². The van der Waals surface area contributed by atoms with E-state index in [1.807, 2.05) is 36.1 Å². The van der Waals surface area contributed by atoms with Crippen molar-refractivity contribution in [1.82, 2.24) is 4.90 Å². The lowest BCUT2D eigenvalue weighted by molar-refractivity contribution is -0.137. The van der Waals surface area contributed by atoms with Gasteiger partial charge in [0, 0.05) is 30.7 Å². The number of fused-ring (bicyclic) bond motifs is 1. The zero-order chi connectivity index (χ0) is 15.0. The number of aliphatic carboxylic acids is 1. The van der Waals surface area contributed by atoms with Crippen LogP contribution < -0.4 is 4.90 Å². The molecule has 0 bridgehead atoms. The molecule has 1 fully saturated rings. The average molecular weight is 288 g/mol. The topological polar surface area (TPSA) is 60.9 Å². The molecule has 2 aliphatic rings. The molecule has 1 atom stereocenters. The second kappa shape index (κ2) is 5.39. The van der Waals surface area contributed by atoms with Gasteiger partial charge in [0.1, 0.15) is 0 Å². The zero-order valence-electron chi connectivity index (χ0n) is 12.2. The van der Waals surface area contributed by atoms with Gasteiger partial charge in [-0.2, -0.15) is 0 Å². The fourth-order valence-corrected chi connectivity index (χ4v) is 3.15. The third kappa shape index (κ3) is 2.60. The van der Waals surface area contributed by atoms with Crippen LogP contribution >= 0.6 is 0 Å². The van der Waals surface area contributed by atoms with Crippen molar-refractivity contribution in [3.05, 3.63) is 29.8 Å². The maximum Gasteiger partial charge on any atom is 0.324 e. The molecular weight excluding hydrogens is 268 g/mol. The van der Waals surface area contributed by atoms with Crippen molar-refractivity contribution in [1.29, 1.82) is 0 Å². The zero-order valence-corrected chi connectivity index (χ0v) is 12.2. The lowest BCUT2D eigenvalue weighted by Gasteiger charge is -2.27. The van der Waals surface area contributed by atoms with Gasteiger partial charge in [-0.05, 0) is 31.4 Å². The summed E-state index contributed by atoms with van der Waals surface area (Å²) in [4.78, 5) is 27.4. The van der Waals surface area contributed by atoms with Crippen LogP contribution in [0.2, 0.25) is 0 Å². The maximum atomic E-state index is 12.8. The van der Waals surface area contributed by atoms with E-state index in [1.54, 1.807) is 4.90 Å². The Balaban J connectivity index is 1.86. The molecule has 1 unspecified atom stereocenters. The molecule has 0 radical (unpaired) electrons. The standard InChI is InChI=1S/C16H20N2O3/c1-2-17(12-7-8-12)16(21)18-10-11(9-15(19)20)13-5-3-4-6-14(13)18/h3-6,11-12H,2,7-10H2,1H3,(H,19,20). The third-order valence-corrected chi connectivity index (χ3v) is 4.30. The lowest BCUT2D eigenvalue weighted by atomic mass is 9.98. The molecule has 1 aromatic carbocycles. The van der Waals surface area contributed by atoms with Gasteiger partial charge in [0.05, 0.1) is 6.42 Å². The van der Waals surface area contributed by atoms with Gasteiger partial charge in [0.25, 0.3) is 0 Å². The normalized spacial score (nSPS) is 20.2. The number of carbonyl (C=O) groups is 2. The number of benzene rings is 1. The summed E-state index contributed by atoms with van der Waals surface area (Å²) >= 11 is 0. The summed E-state index contributed by atoms with van der Waals surface area (Å²) in [6.07, 6.45) is 2.22. The van der Waals surface area contributed by atoms with Crippen LogP contribution in [0.25, 0.3) is 0 Å². The van der Waals surface area contributed by atoms with Crippen molar-refractivity contribution >= 4 is 17.7 Å². The van der Waals surface area contributed by atoms with E-state index in [9.17, 15) is 9.59 Å². The van der Waals surface area contributed by atoms with Crippen molar-refractivity contribution in [2.24, 2.45) is 0 Å². The Bertz CT molecular complexity index is 568. The molecule has 0 saturated heterocycles. The minimum absolute atomic E-state index is 0.0142. The van der Waals surface area contributed by atoms with E-state index >= 15 is 0 Å². The predicted molar refractivity (Wildman–Crippen MR) is 79.6 cm³/mol. The van der Waals surface area contributed by atoms with E-state index in [4.69, 9.17) is 5.11 Å². The van der Waals surface area contributed by atoms with Crippen LogP contribution in [-0.4, -0.2) is 41.1 Å². The van der Waals surface area contributed by atoms with Crippen molar-refractivity contribution < 1.29 is 14.7 Å². The van der Waals surface area contributed by atoms with E-state index < -0.39 is 5.97 Å². The molecule has 3 rings (SSSR count). The number of nitrogens with zero attached hydrogens (tertiary/aromatic N) is 2. The molecule has 1 aliphatic heterocycles. The molecule has 21 heavy (non-hydrogen) atoms. The van der Waals surface area contributed by atoms with Crippen LogP contribution in [0.1, 0.15) is 37.7 Å². The molecule has 1 aliphatic carbocycles. The molecule has 5 heteroatoms. The Morgan fingerprint density at radius 3 is 2.67 bits per heavy atom.